The lowest BCUT2D eigenvalue weighted by Crippen LogP contribution is -2.60. The van der Waals surface area contributed by atoms with E-state index < -0.39 is 46.4 Å². The van der Waals surface area contributed by atoms with Crippen LogP contribution in [0.1, 0.15) is 69.9 Å². The largest absolute Gasteiger partial charge is 0.494 e. The number of nitrogens with two attached hydrogens (primary N) is 2. The van der Waals surface area contributed by atoms with Crippen molar-refractivity contribution in [1.29, 1.82) is 5.41 Å². The molecule has 0 radical (unpaired) electrons. The number of nitrogen functional groups attached to an aromatic ring is 1. The predicted molar refractivity (Wildman–Crippen MR) is 104 cm³/mol. The summed E-state index contributed by atoms with van der Waals surface area (Å²) in [5.41, 5.74) is 8.94. The molecule has 0 aliphatic heterocycles. The highest BCUT2D eigenvalue weighted by molar-refractivity contribution is 5.96. The van der Waals surface area contributed by atoms with Gasteiger partial charge in [-0.05, 0) is 31.1 Å². The summed E-state index contributed by atoms with van der Waals surface area (Å²) >= 11 is 0. The normalized spacial score (nSPS) is 23.3. The molecule has 1 amide bonds. The number of carbonyl (C=O) groups excluding carboxylic acids is 1. The molecule has 3 rings (SSSR count). The highest BCUT2D eigenvalue weighted by atomic mass is 16.3. The van der Waals surface area contributed by atoms with Crippen LogP contribution in [0.3, 0.4) is 0 Å². The van der Waals surface area contributed by atoms with Gasteiger partial charge in [0.2, 0.25) is 11.8 Å². The van der Waals surface area contributed by atoms with Crippen LogP contribution in [0.25, 0.3) is 0 Å². The molecule has 0 bridgehead atoms. The van der Waals surface area contributed by atoms with Crippen LogP contribution in [0.4, 0.5) is 0 Å². The maximum atomic E-state index is 13.2. The number of primary amides is 1. The summed E-state index contributed by atoms with van der Waals surface area (Å²) in [7, 11) is 0. The third-order valence-electron chi connectivity index (χ3n) is 6.48. The smallest absolute Gasteiger partial charge is 0.334 e. The summed E-state index contributed by atoms with van der Waals surface area (Å²) < 4.78 is 2.14. The first-order valence-electron chi connectivity index (χ1n) is 9.97. The van der Waals surface area contributed by atoms with Crippen LogP contribution >= 0.6 is 0 Å². The molecule has 0 saturated heterocycles. The van der Waals surface area contributed by atoms with E-state index in [-0.39, 0.29) is 12.0 Å². The van der Waals surface area contributed by atoms with Gasteiger partial charge in [0.25, 0.3) is 5.56 Å². The molecule has 1 aromatic rings. The number of nitrogens with one attached hydrogen (secondary N) is 1. The number of nitrogens with zero attached hydrogens (tertiary/aromatic N) is 2. The Morgan fingerprint density at radius 3 is 2.43 bits per heavy atom. The monoisotopic (exact) mass is 391 g/mol. The molecular weight excluding hydrogens is 362 g/mol. The molecule has 1 spiro atoms. The summed E-state index contributed by atoms with van der Waals surface area (Å²) in [5, 5.41) is 18.2. The van der Waals surface area contributed by atoms with Crippen LogP contribution in [0.5, 0.6) is 5.88 Å². The molecule has 2 atom stereocenters. The van der Waals surface area contributed by atoms with Crippen LogP contribution in [0.2, 0.25) is 0 Å². The molecular formula is C19H29N5O4. The molecule has 2 aliphatic rings. The second kappa shape index (κ2) is 7.44. The van der Waals surface area contributed by atoms with E-state index in [1.54, 1.807) is 0 Å². The number of aromatic hydroxyl groups is 1. The van der Waals surface area contributed by atoms with E-state index in [1.807, 2.05) is 6.92 Å². The predicted octanol–water partition coefficient (Wildman–Crippen LogP) is 0.797. The van der Waals surface area contributed by atoms with E-state index in [0.29, 0.717) is 12.8 Å². The minimum atomic E-state index is -0.816. The number of carbonyl (C=O) groups is 1. The number of hydrogen-bond acceptors (Lipinski definition) is 5. The zero-order chi connectivity index (χ0) is 20.6. The van der Waals surface area contributed by atoms with Crippen molar-refractivity contribution in [2.45, 2.75) is 70.9 Å². The van der Waals surface area contributed by atoms with Gasteiger partial charge in [-0.15, -0.1) is 0 Å². The van der Waals surface area contributed by atoms with E-state index in [2.05, 4.69) is 0 Å². The maximum Gasteiger partial charge on any atom is 0.334 e. The Kier molecular flexibility index (Phi) is 5.36. The summed E-state index contributed by atoms with van der Waals surface area (Å²) in [6, 6.07) is -0.656. The second-order valence-corrected chi connectivity index (χ2v) is 8.16. The number of amides is 1. The number of amidine groups is 1. The molecule has 28 heavy (non-hydrogen) atoms. The van der Waals surface area contributed by atoms with Gasteiger partial charge in [-0.2, -0.15) is 0 Å². The maximum absolute atomic E-state index is 13.2. The molecule has 2 aliphatic carbocycles. The van der Waals surface area contributed by atoms with Gasteiger partial charge in [0.1, 0.15) is 11.4 Å². The first kappa shape index (κ1) is 20.2. The Balaban J connectivity index is 2.25. The SMILES string of the molecule is CCCCn1c(O)c(C(=N)N)c(=O)n(C2C(C(N)=O)CC23CCCCC3)c1=O. The summed E-state index contributed by atoms with van der Waals surface area (Å²) in [6.07, 6.45) is 6.60. The Morgan fingerprint density at radius 1 is 1.25 bits per heavy atom. The molecule has 6 N–H and O–H groups in total. The Hall–Kier alpha value is -2.58. The van der Waals surface area contributed by atoms with Gasteiger partial charge in [-0.25, -0.2) is 4.79 Å². The van der Waals surface area contributed by atoms with E-state index in [0.717, 1.165) is 47.7 Å². The first-order valence-corrected chi connectivity index (χ1v) is 9.97. The fraction of sp³-hybridized carbons (Fsp3) is 0.684. The lowest BCUT2D eigenvalue weighted by molar-refractivity contribution is -0.140. The zero-order valence-electron chi connectivity index (χ0n) is 16.2. The average Bonchev–Trinajstić information content (AvgIpc) is 2.63. The topological polar surface area (TPSA) is 157 Å². The van der Waals surface area contributed by atoms with Crippen LogP contribution in [0.15, 0.2) is 9.59 Å². The summed E-state index contributed by atoms with van der Waals surface area (Å²) in [6.45, 7) is 2.14. The van der Waals surface area contributed by atoms with E-state index in [1.165, 1.54) is 0 Å². The highest BCUT2D eigenvalue weighted by Crippen LogP contribution is 2.60. The molecule has 154 valence electrons. The van der Waals surface area contributed by atoms with Crippen molar-refractivity contribution >= 4 is 11.7 Å². The lowest BCUT2D eigenvalue weighted by atomic mass is 9.52. The van der Waals surface area contributed by atoms with Gasteiger partial charge in [0, 0.05) is 6.54 Å². The number of unbranched alkanes of at least 4 members (excludes halogenated alkanes) is 1. The number of rotatable bonds is 6. The minimum absolute atomic E-state index is 0.197. The van der Waals surface area contributed by atoms with Crippen molar-refractivity contribution in [1.82, 2.24) is 9.13 Å². The van der Waals surface area contributed by atoms with Gasteiger partial charge in [0.15, 0.2) is 0 Å². The molecule has 2 unspecified atom stereocenters. The van der Waals surface area contributed by atoms with Crippen molar-refractivity contribution in [2.24, 2.45) is 22.8 Å². The van der Waals surface area contributed by atoms with Gasteiger partial charge in [-0.1, -0.05) is 32.6 Å². The van der Waals surface area contributed by atoms with Crippen molar-refractivity contribution < 1.29 is 9.90 Å². The fourth-order valence-corrected chi connectivity index (χ4v) is 5.06. The average molecular weight is 391 g/mol. The lowest BCUT2D eigenvalue weighted by Gasteiger charge is -2.56. The summed E-state index contributed by atoms with van der Waals surface area (Å²) in [5.74, 6) is -2.34. The molecule has 9 heteroatoms. The quantitative estimate of drug-likeness (QED) is 0.416. The highest BCUT2D eigenvalue weighted by Gasteiger charge is 2.58. The van der Waals surface area contributed by atoms with Crippen molar-refractivity contribution in [3.05, 3.63) is 26.4 Å². The van der Waals surface area contributed by atoms with Crippen molar-refractivity contribution in [3.8, 4) is 5.88 Å². The minimum Gasteiger partial charge on any atom is -0.494 e. The van der Waals surface area contributed by atoms with Crippen LogP contribution in [-0.4, -0.2) is 26.0 Å². The summed E-state index contributed by atoms with van der Waals surface area (Å²) in [4.78, 5) is 38.4. The first-order chi connectivity index (χ1) is 13.2. The van der Waals surface area contributed by atoms with E-state index in [4.69, 9.17) is 16.9 Å². The van der Waals surface area contributed by atoms with Gasteiger partial charge in [-0.3, -0.25) is 24.1 Å². The Labute approximate surface area is 162 Å². The third kappa shape index (κ3) is 3.02. The van der Waals surface area contributed by atoms with Gasteiger partial charge in [0.05, 0.1) is 12.0 Å². The third-order valence-corrected chi connectivity index (χ3v) is 6.48. The second-order valence-electron chi connectivity index (χ2n) is 8.16. The van der Waals surface area contributed by atoms with Crippen LogP contribution < -0.4 is 22.7 Å². The molecule has 9 nitrogen and oxygen atoms in total. The molecule has 1 heterocycles. The van der Waals surface area contributed by atoms with E-state index >= 15 is 0 Å². The van der Waals surface area contributed by atoms with Crippen molar-refractivity contribution in [2.75, 3.05) is 0 Å². The van der Waals surface area contributed by atoms with Crippen LogP contribution in [0, 0.1) is 16.7 Å². The van der Waals surface area contributed by atoms with Crippen molar-refractivity contribution in [3.63, 3.8) is 0 Å². The fourth-order valence-electron chi connectivity index (χ4n) is 5.06. The Bertz CT molecular complexity index is 910. The number of aromatic nitrogens is 2. The molecule has 0 aromatic carbocycles. The van der Waals surface area contributed by atoms with Gasteiger partial charge >= 0.3 is 5.69 Å². The molecule has 2 fully saturated rings. The molecule has 2 saturated carbocycles. The number of hydrogen-bond donors (Lipinski definition) is 4. The standard InChI is InChI=1S/C19H29N5O4/c1-2-3-9-23-16(26)12(14(20)21)17(27)24(18(23)28)13-11(15(22)25)10-19(13)7-5-4-6-8-19/h11,13,26H,2-10H2,1H3,(H3,20,21)(H2,22,25). The van der Waals surface area contributed by atoms with E-state index in [9.17, 15) is 19.5 Å². The Morgan fingerprint density at radius 2 is 1.89 bits per heavy atom. The molecule has 1 aromatic heterocycles. The zero-order valence-corrected chi connectivity index (χ0v) is 16.2. The van der Waals surface area contributed by atoms with Crippen LogP contribution in [-0.2, 0) is 11.3 Å². The van der Waals surface area contributed by atoms with Gasteiger partial charge < -0.3 is 16.6 Å².